The number of hydrogen-bond donors (Lipinski definition) is 2. The SMILES string of the molecule is Cc1cnc2cc(C(O)N3CCC(c4ccccc4C(F)(F)F)CC3)[nH]c2c1. The topological polar surface area (TPSA) is 52.2 Å². The summed E-state index contributed by atoms with van der Waals surface area (Å²) in [5.74, 6) is -0.159. The molecule has 1 unspecified atom stereocenters. The number of nitrogens with one attached hydrogen (secondary N) is 1. The molecular weight excluding hydrogens is 367 g/mol. The average Bonchev–Trinajstić information content (AvgIpc) is 3.10. The molecule has 3 heterocycles. The maximum Gasteiger partial charge on any atom is 0.416 e. The highest BCUT2D eigenvalue weighted by Gasteiger charge is 2.36. The summed E-state index contributed by atoms with van der Waals surface area (Å²) in [6, 6.07) is 9.60. The number of pyridine rings is 1. The first-order chi connectivity index (χ1) is 13.3. The molecule has 4 nitrogen and oxygen atoms in total. The maximum atomic E-state index is 13.3. The minimum atomic E-state index is -4.34. The van der Waals surface area contributed by atoms with Crippen LogP contribution in [0.15, 0.2) is 42.6 Å². The molecule has 0 aliphatic carbocycles. The van der Waals surface area contributed by atoms with Crippen LogP contribution in [0.5, 0.6) is 0 Å². The van der Waals surface area contributed by atoms with Crippen LogP contribution in [0, 0.1) is 6.92 Å². The molecule has 0 saturated carbocycles. The van der Waals surface area contributed by atoms with E-state index in [1.165, 1.54) is 6.07 Å². The Morgan fingerprint density at radius 3 is 2.61 bits per heavy atom. The third-order valence-corrected chi connectivity index (χ3v) is 5.49. The van der Waals surface area contributed by atoms with Gasteiger partial charge in [0.25, 0.3) is 0 Å². The molecule has 2 aromatic heterocycles. The summed E-state index contributed by atoms with van der Waals surface area (Å²) in [6.45, 7) is 3.01. The zero-order chi connectivity index (χ0) is 19.9. The number of aromatic amines is 1. The van der Waals surface area contributed by atoms with E-state index in [4.69, 9.17) is 0 Å². The van der Waals surface area contributed by atoms with Gasteiger partial charge < -0.3 is 10.1 Å². The van der Waals surface area contributed by atoms with Crippen LogP contribution >= 0.6 is 0 Å². The largest absolute Gasteiger partial charge is 0.416 e. The molecule has 4 rings (SSSR count). The van der Waals surface area contributed by atoms with E-state index in [0.717, 1.165) is 22.7 Å². The third-order valence-electron chi connectivity index (χ3n) is 5.49. The van der Waals surface area contributed by atoms with Gasteiger partial charge in [0.15, 0.2) is 0 Å². The van der Waals surface area contributed by atoms with E-state index in [1.54, 1.807) is 18.3 Å². The summed E-state index contributed by atoms with van der Waals surface area (Å²) in [6.07, 6.45) is -2.25. The Labute approximate surface area is 161 Å². The molecule has 3 aromatic rings. The summed E-state index contributed by atoms with van der Waals surface area (Å²) in [5.41, 5.74) is 3.14. The number of likely N-dealkylation sites (tertiary alicyclic amines) is 1. The molecule has 0 spiro atoms. The van der Waals surface area contributed by atoms with Gasteiger partial charge in [-0.25, -0.2) is 0 Å². The molecule has 1 atom stereocenters. The van der Waals surface area contributed by atoms with Gasteiger partial charge in [-0.2, -0.15) is 13.2 Å². The minimum absolute atomic E-state index is 0.159. The van der Waals surface area contributed by atoms with Gasteiger partial charge >= 0.3 is 6.18 Å². The van der Waals surface area contributed by atoms with Gasteiger partial charge in [-0.15, -0.1) is 0 Å². The van der Waals surface area contributed by atoms with Crippen molar-refractivity contribution in [2.75, 3.05) is 13.1 Å². The van der Waals surface area contributed by atoms with Crippen molar-refractivity contribution in [2.45, 2.75) is 38.1 Å². The van der Waals surface area contributed by atoms with Crippen LogP contribution in [0.25, 0.3) is 11.0 Å². The number of H-pyrrole nitrogens is 1. The number of aliphatic hydroxyl groups excluding tert-OH is 1. The van der Waals surface area contributed by atoms with Crippen LogP contribution in [0.3, 0.4) is 0 Å². The van der Waals surface area contributed by atoms with Gasteiger partial charge in [0.05, 0.1) is 22.3 Å². The van der Waals surface area contributed by atoms with Gasteiger partial charge in [-0.05, 0) is 55.0 Å². The van der Waals surface area contributed by atoms with Crippen LogP contribution in [0.4, 0.5) is 13.2 Å². The molecular formula is C21H22F3N3O. The third kappa shape index (κ3) is 3.64. The standard InChI is InChI=1S/C21H22F3N3O/c1-13-10-18-17(25-12-13)11-19(26-18)20(28)27-8-6-14(7-9-27)15-4-2-3-5-16(15)21(22,23)24/h2-5,10-12,14,20,26,28H,6-9H2,1H3. The van der Waals surface area contributed by atoms with E-state index in [-0.39, 0.29) is 5.92 Å². The fraction of sp³-hybridized carbons (Fsp3) is 0.381. The number of aryl methyl sites for hydroxylation is 1. The number of aliphatic hydroxyl groups is 1. The normalized spacial score (nSPS) is 17.9. The summed E-state index contributed by atoms with van der Waals surface area (Å²) < 4.78 is 39.9. The molecule has 28 heavy (non-hydrogen) atoms. The molecule has 1 aliphatic rings. The van der Waals surface area contributed by atoms with Gasteiger partial charge in [-0.1, -0.05) is 18.2 Å². The second-order valence-corrected chi connectivity index (χ2v) is 7.44. The summed E-state index contributed by atoms with van der Waals surface area (Å²) in [5, 5.41) is 10.7. The monoisotopic (exact) mass is 389 g/mol. The number of fused-ring (bicyclic) bond motifs is 1. The second-order valence-electron chi connectivity index (χ2n) is 7.44. The number of piperidine rings is 1. The molecule has 2 N–H and O–H groups in total. The number of aromatic nitrogens is 2. The van der Waals surface area contributed by atoms with Crippen LogP contribution < -0.4 is 0 Å². The van der Waals surface area contributed by atoms with Crippen molar-refractivity contribution in [1.82, 2.24) is 14.9 Å². The number of rotatable bonds is 3. The first-order valence-electron chi connectivity index (χ1n) is 9.36. The quantitative estimate of drug-likeness (QED) is 0.679. The molecule has 0 radical (unpaired) electrons. The summed E-state index contributed by atoms with van der Waals surface area (Å²) in [7, 11) is 0. The van der Waals surface area contributed by atoms with Crippen molar-refractivity contribution >= 4 is 11.0 Å². The lowest BCUT2D eigenvalue weighted by atomic mass is 9.86. The Bertz CT molecular complexity index is 974. The van der Waals surface area contributed by atoms with E-state index in [0.29, 0.717) is 37.2 Å². The fourth-order valence-corrected chi connectivity index (χ4v) is 4.04. The van der Waals surface area contributed by atoms with Gasteiger partial charge in [-0.3, -0.25) is 9.88 Å². The Morgan fingerprint density at radius 2 is 1.89 bits per heavy atom. The number of benzene rings is 1. The predicted octanol–water partition coefficient (Wildman–Crippen LogP) is 4.76. The number of alkyl halides is 3. The van der Waals surface area contributed by atoms with E-state index in [2.05, 4.69) is 9.97 Å². The Hall–Kier alpha value is -2.38. The van der Waals surface area contributed by atoms with Crippen LogP contribution in [0.2, 0.25) is 0 Å². The van der Waals surface area contributed by atoms with Crippen molar-refractivity contribution in [3.8, 4) is 0 Å². The first kappa shape index (κ1) is 19.0. The predicted molar refractivity (Wildman–Crippen MR) is 101 cm³/mol. The van der Waals surface area contributed by atoms with Gasteiger partial charge in [0, 0.05) is 19.3 Å². The lowest BCUT2D eigenvalue weighted by Crippen LogP contribution is -2.36. The van der Waals surface area contributed by atoms with Crippen LogP contribution in [-0.4, -0.2) is 33.1 Å². The highest BCUT2D eigenvalue weighted by atomic mass is 19.4. The first-order valence-corrected chi connectivity index (χ1v) is 9.36. The molecule has 7 heteroatoms. The van der Waals surface area contributed by atoms with Gasteiger partial charge in [0.1, 0.15) is 6.23 Å². The fourth-order valence-electron chi connectivity index (χ4n) is 4.04. The molecule has 1 aliphatic heterocycles. The Kier molecular flexibility index (Phi) is 4.89. The highest BCUT2D eigenvalue weighted by molar-refractivity contribution is 5.76. The number of halogens is 3. The molecule has 148 valence electrons. The lowest BCUT2D eigenvalue weighted by molar-refractivity contribution is -0.138. The molecule has 0 amide bonds. The van der Waals surface area contributed by atoms with E-state index in [1.807, 2.05) is 24.0 Å². The van der Waals surface area contributed by atoms with Crippen LogP contribution in [0.1, 0.15) is 47.4 Å². The van der Waals surface area contributed by atoms with Crippen molar-refractivity contribution < 1.29 is 18.3 Å². The average molecular weight is 389 g/mol. The van der Waals surface area contributed by atoms with Crippen LogP contribution in [-0.2, 0) is 6.18 Å². The van der Waals surface area contributed by atoms with E-state index < -0.39 is 18.0 Å². The molecule has 1 saturated heterocycles. The van der Waals surface area contributed by atoms with E-state index in [9.17, 15) is 18.3 Å². The second kappa shape index (κ2) is 7.22. The van der Waals surface area contributed by atoms with E-state index >= 15 is 0 Å². The maximum absolute atomic E-state index is 13.3. The molecule has 1 fully saturated rings. The van der Waals surface area contributed by atoms with Crippen molar-refractivity contribution in [1.29, 1.82) is 0 Å². The zero-order valence-corrected chi connectivity index (χ0v) is 15.5. The van der Waals surface area contributed by atoms with Crippen molar-refractivity contribution in [3.63, 3.8) is 0 Å². The van der Waals surface area contributed by atoms with Gasteiger partial charge in [0.2, 0.25) is 0 Å². The zero-order valence-electron chi connectivity index (χ0n) is 15.5. The minimum Gasteiger partial charge on any atom is -0.373 e. The Balaban J connectivity index is 1.48. The highest BCUT2D eigenvalue weighted by Crippen LogP contribution is 2.39. The number of nitrogens with zero attached hydrogens (tertiary/aromatic N) is 2. The van der Waals surface area contributed by atoms with Crippen molar-refractivity contribution in [2.24, 2.45) is 0 Å². The molecule has 1 aromatic carbocycles. The summed E-state index contributed by atoms with van der Waals surface area (Å²) in [4.78, 5) is 9.44. The summed E-state index contributed by atoms with van der Waals surface area (Å²) >= 11 is 0. The number of hydrogen-bond acceptors (Lipinski definition) is 3. The smallest absolute Gasteiger partial charge is 0.373 e. The lowest BCUT2D eigenvalue weighted by Gasteiger charge is -2.35. The molecule has 0 bridgehead atoms. The van der Waals surface area contributed by atoms with Crippen molar-refractivity contribution in [3.05, 3.63) is 65.0 Å². The Morgan fingerprint density at radius 1 is 1.18 bits per heavy atom.